The molecule has 1 aliphatic rings. The number of hydrogen-bond acceptors (Lipinski definition) is 3. The van der Waals surface area contributed by atoms with Gasteiger partial charge in [-0.2, -0.15) is 0 Å². The number of aromatic nitrogens is 1. The molecule has 1 aliphatic heterocycles. The smallest absolute Gasteiger partial charge is 0.144 e. The Morgan fingerprint density at radius 2 is 1.29 bits per heavy atom. The van der Waals surface area contributed by atoms with Crippen LogP contribution in [0.1, 0.15) is 17.2 Å². The highest BCUT2D eigenvalue weighted by Crippen LogP contribution is 2.46. The Morgan fingerprint density at radius 3 is 2.12 bits per heavy atom. The monoisotopic (exact) mass is 554 g/mol. The predicted molar refractivity (Wildman–Crippen MR) is 177 cm³/mol. The zero-order valence-electron chi connectivity index (χ0n) is 22.4. The van der Waals surface area contributed by atoms with Gasteiger partial charge in [-0.15, -0.1) is 11.3 Å². The minimum absolute atomic E-state index is 0.0543. The van der Waals surface area contributed by atoms with E-state index in [1.807, 2.05) is 11.3 Å². The van der Waals surface area contributed by atoms with Crippen molar-refractivity contribution in [2.75, 3.05) is 0 Å². The summed E-state index contributed by atoms with van der Waals surface area (Å²) in [6, 6.07) is 45.6. The van der Waals surface area contributed by atoms with Crippen LogP contribution in [0, 0.1) is 0 Å². The molecule has 3 nitrogen and oxygen atoms in total. The molecule has 6 aromatic carbocycles. The number of nitrogens with zero attached hydrogens (tertiary/aromatic N) is 2. The third-order valence-electron chi connectivity index (χ3n) is 8.79. The lowest BCUT2D eigenvalue weighted by atomic mass is 9.98. The van der Waals surface area contributed by atoms with Crippen LogP contribution in [0.5, 0.6) is 0 Å². The normalized spacial score (nSPS) is 15.0. The molecule has 0 N–H and O–H groups in total. The standard InChI is InChI=1S/C38H22N2OS/c1-4-15-30-23(9-1)24-10-2-5-16-31(24)40(30)22-19-20-25-26-12-7-14-29(38(26)41-32(25)21-22)37-36(39-37)28-13-8-18-34-35(28)27-11-3-6-17-33(27)42-34/h1-21,36H. The number of para-hydroxylation sites is 3. The number of hydrogen-bond donors (Lipinski definition) is 0. The summed E-state index contributed by atoms with van der Waals surface area (Å²) in [6.45, 7) is 0. The lowest BCUT2D eigenvalue weighted by Gasteiger charge is -2.07. The van der Waals surface area contributed by atoms with Crippen LogP contribution >= 0.6 is 11.3 Å². The Balaban J connectivity index is 1.12. The molecular weight excluding hydrogens is 532 g/mol. The van der Waals surface area contributed by atoms with Gasteiger partial charge >= 0.3 is 0 Å². The number of aliphatic imine (C=N–C) groups is 1. The summed E-state index contributed by atoms with van der Waals surface area (Å²) in [6.07, 6.45) is 0. The molecule has 0 saturated carbocycles. The van der Waals surface area contributed by atoms with Crippen LogP contribution in [0.3, 0.4) is 0 Å². The second-order valence-electron chi connectivity index (χ2n) is 11.1. The summed E-state index contributed by atoms with van der Waals surface area (Å²) in [5, 5.41) is 7.41. The second-order valence-corrected chi connectivity index (χ2v) is 12.2. The van der Waals surface area contributed by atoms with E-state index in [-0.39, 0.29) is 6.04 Å². The lowest BCUT2D eigenvalue weighted by Crippen LogP contribution is -1.94. The van der Waals surface area contributed by atoms with Crippen LogP contribution in [0.2, 0.25) is 0 Å². The molecule has 1 atom stereocenters. The summed E-state index contributed by atoms with van der Waals surface area (Å²) < 4.78 is 11.7. The third kappa shape index (κ3) is 3.02. The Morgan fingerprint density at radius 1 is 0.595 bits per heavy atom. The first-order valence-electron chi connectivity index (χ1n) is 14.3. The van der Waals surface area contributed by atoms with Crippen molar-refractivity contribution in [1.82, 2.24) is 4.57 Å². The number of fused-ring (bicyclic) bond motifs is 9. The van der Waals surface area contributed by atoms with Crippen molar-refractivity contribution < 1.29 is 4.42 Å². The van der Waals surface area contributed by atoms with Crippen molar-refractivity contribution in [1.29, 1.82) is 0 Å². The first kappa shape index (κ1) is 22.5. The van der Waals surface area contributed by atoms with Crippen LogP contribution in [-0.4, -0.2) is 10.3 Å². The van der Waals surface area contributed by atoms with Gasteiger partial charge in [-0.3, -0.25) is 4.99 Å². The zero-order valence-corrected chi connectivity index (χ0v) is 23.2. The summed E-state index contributed by atoms with van der Waals surface area (Å²) >= 11 is 1.85. The molecule has 0 amide bonds. The van der Waals surface area contributed by atoms with Gasteiger partial charge in [0.2, 0.25) is 0 Å². The lowest BCUT2D eigenvalue weighted by molar-refractivity contribution is 0.668. The molecule has 0 aliphatic carbocycles. The molecule has 10 rings (SSSR count). The summed E-state index contributed by atoms with van der Waals surface area (Å²) in [7, 11) is 0. The minimum atomic E-state index is 0.0543. The molecule has 0 bridgehead atoms. The van der Waals surface area contributed by atoms with E-state index in [9.17, 15) is 0 Å². The van der Waals surface area contributed by atoms with E-state index in [4.69, 9.17) is 9.41 Å². The van der Waals surface area contributed by atoms with Gasteiger partial charge in [-0.1, -0.05) is 78.9 Å². The molecule has 3 aromatic heterocycles. The molecule has 4 heterocycles. The van der Waals surface area contributed by atoms with Gasteiger partial charge in [0.1, 0.15) is 17.2 Å². The van der Waals surface area contributed by atoms with Gasteiger partial charge in [0, 0.05) is 59.0 Å². The average Bonchev–Trinajstić information content (AvgIpc) is 3.43. The number of thiophene rings is 1. The van der Waals surface area contributed by atoms with Crippen LogP contribution in [0.25, 0.3) is 69.6 Å². The van der Waals surface area contributed by atoms with Crippen molar-refractivity contribution in [3.05, 3.63) is 139 Å². The maximum Gasteiger partial charge on any atom is 0.144 e. The summed E-state index contributed by atoms with van der Waals surface area (Å²) in [5.74, 6) is 0. The first-order valence-corrected chi connectivity index (χ1v) is 15.1. The molecule has 0 radical (unpaired) electrons. The highest BCUT2D eigenvalue weighted by Gasteiger charge is 2.34. The van der Waals surface area contributed by atoms with Crippen molar-refractivity contribution in [3.8, 4) is 5.69 Å². The molecule has 0 fully saturated rings. The summed E-state index contributed by atoms with van der Waals surface area (Å²) in [4.78, 5) is 5.04. The maximum absolute atomic E-state index is 6.68. The van der Waals surface area contributed by atoms with E-state index < -0.39 is 0 Å². The van der Waals surface area contributed by atoms with E-state index >= 15 is 0 Å². The van der Waals surface area contributed by atoms with Gasteiger partial charge < -0.3 is 8.98 Å². The average molecular weight is 555 g/mol. The number of furan rings is 1. The van der Waals surface area contributed by atoms with E-state index in [1.54, 1.807) is 0 Å². The predicted octanol–water partition coefficient (Wildman–Crippen LogP) is 10.6. The SMILES string of the molecule is c1ccc2c(c1)sc1cccc(C3N=C3c3cccc4c3oc3cc(-n5c6ccccc6c6ccccc65)ccc34)c12. The van der Waals surface area contributed by atoms with E-state index in [2.05, 4.69) is 132 Å². The molecule has 4 heteroatoms. The molecule has 42 heavy (non-hydrogen) atoms. The topological polar surface area (TPSA) is 30.4 Å². The molecule has 0 spiro atoms. The zero-order chi connectivity index (χ0) is 27.4. The minimum Gasteiger partial charge on any atom is -0.455 e. The van der Waals surface area contributed by atoms with Gasteiger partial charge in [-0.25, -0.2) is 0 Å². The fourth-order valence-corrected chi connectivity index (χ4v) is 8.03. The van der Waals surface area contributed by atoms with E-state index in [1.165, 1.54) is 47.5 Å². The Kier molecular flexibility index (Phi) is 4.38. The summed E-state index contributed by atoms with van der Waals surface area (Å²) in [5.41, 5.74) is 8.75. The largest absolute Gasteiger partial charge is 0.455 e. The Hall–Kier alpha value is -5.19. The molecule has 0 saturated heterocycles. The van der Waals surface area contributed by atoms with Gasteiger partial charge in [0.25, 0.3) is 0 Å². The molecule has 196 valence electrons. The molecular formula is C38H22N2OS. The maximum atomic E-state index is 6.68. The fraction of sp³-hybridized carbons (Fsp3) is 0.0263. The van der Waals surface area contributed by atoms with Gasteiger partial charge in [-0.05, 0) is 48.0 Å². The Bertz CT molecular complexity index is 2540. The van der Waals surface area contributed by atoms with E-state index in [0.717, 1.165) is 38.9 Å². The number of rotatable bonds is 3. The quantitative estimate of drug-likeness (QED) is 0.214. The third-order valence-corrected chi connectivity index (χ3v) is 9.92. The van der Waals surface area contributed by atoms with Crippen LogP contribution in [0.4, 0.5) is 0 Å². The van der Waals surface area contributed by atoms with Gasteiger partial charge in [0.05, 0.1) is 16.7 Å². The first-order chi connectivity index (χ1) is 20.8. The van der Waals surface area contributed by atoms with Crippen molar-refractivity contribution in [2.24, 2.45) is 4.99 Å². The van der Waals surface area contributed by atoms with Crippen LogP contribution in [-0.2, 0) is 0 Å². The van der Waals surface area contributed by atoms with Crippen molar-refractivity contribution in [2.45, 2.75) is 6.04 Å². The highest BCUT2D eigenvalue weighted by atomic mass is 32.1. The second kappa shape index (κ2) is 8.19. The molecule has 1 unspecified atom stereocenters. The van der Waals surface area contributed by atoms with Crippen molar-refractivity contribution in [3.63, 3.8) is 0 Å². The van der Waals surface area contributed by atoms with Crippen molar-refractivity contribution >= 4 is 81.0 Å². The van der Waals surface area contributed by atoms with Crippen LogP contribution < -0.4 is 0 Å². The Labute approximate surface area is 244 Å². The van der Waals surface area contributed by atoms with Gasteiger partial charge in [0.15, 0.2) is 0 Å². The number of benzene rings is 6. The van der Waals surface area contributed by atoms with Crippen LogP contribution in [0.15, 0.2) is 137 Å². The highest BCUT2D eigenvalue weighted by molar-refractivity contribution is 7.25. The molecule has 9 aromatic rings. The fourth-order valence-electron chi connectivity index (χ4n) is 6.89. The van der Waals surface area contributed by atoms with E-state index in [0.29, 0.717) is 0 Å².